The summed E-state index contributed by atoms with van der Waals surface area (Å²) < 4.78 is 5.59. The minimum Gasteiger partial charge on any atom is -0.376 e. The highest BCUT2D eigenvalue weighted by molar-refractivity contribution is 5.79. The largest absolute Gasteiger partial charge is 0.376 e. The molecule has 0 radical (unpaired) electrons. The number of hydrogen-bond acceptors (Lipinski definition) is 5. The van der Waals surface area contributed by atoms with Crippen molar-refractivity contribution in [3.63, 3.8) is 0 Å². The predicted molar refractivity (Wildman–Crippen MR) is 114 cm³/mol. The van der Waals surface area contributed by atoms with E-state index < -0.39 is 0 Å². The van der Waals surface area contributed by atoms with Crippen molar-refractivity contribution in [3.8, 4) is 0 Å². The molecule has 0 aliphatic carbocycles. The molecule has 1 unspecified atom stereocenters. The fraction of sp³-hybridized carbons (Fsp3) is 0.696. The molecule has 7 heteroatoms. The number of aromatic nitrogens is 1. The summed E-state index contributed by atoms with van der Waals surface area (Å²) in [6.45, 7) is 5.09. The summed E-state index contributed by atoms with van der Waals surface area (Å²) in [4.78, 5) is 33.7. The van der Waals surface area contributed by atoms with Crippen molar-refractivity contribution in [1.29, 1.82) is 0 Å². The number of ether oxygens (including phenoxy) is 1. The minimum absolute atomic E-state index is 0.129. The standard InChI is InChI=1S/C23H34N4O3/c28-22(15-18-3-1-9-24-16-18)27-12-7-20(8-13-27)26-10-5-19(6-11-26)23(29)25-17-21-4-2-14-30-21/h1,3,9,16,19-21H,2,4-8,10-15,17H2,(H,25,29). The second-order valence-electron chi connectivity index (χ2n) is 8.84. The van der Waals surface area contributed by atoms with Gasteiger partial charge in [0.05, 0.1) is 12.5 Å². The van der Waals surface area contributed by atoms with E-state index in [1.165, 1.54) is 0 Å². The minimum atomic E-state index is 0.129. The molecule has 1 aromatic rings. The number of carbonyl (C=O) groups is 2. The topological polar surface area (TPSA) is 74.8 Å². The smallest absolute Gasteiger partial charge is 0.227 e. The lowest BCUT2D eigenvalue weighted by atomic mass is 9.92. The average molecular weight is 415 g/mol. The van der Waals surface area contributed by atoms with Gasteiger partial charge in [-0.15, -0.1) is 0 Å². The number of nitrogens with zero attached hydrogens (tertiary/aromatic N) is 3. The van der Waals surface area contributed by atoms with Crippen molar-refractivity contribution >= 4 is 11.8 Å². The molecule has 4 rings (SSSR count). The van der Waals surface area contributed by atoms with Crippen LogP contribution in [0.15, 0.2) is 24.5 Å². The molecule has 2 amide bonds. The van der Waals surface area contributed by atoms with Crippen molar-refractivity contribution < 1.29 is 14.3 Å². The molecule has 4 heterocycles. The highest BCUT2D eigenvalue weighted by Crippen LogP contribution is 2.24. The van der Waals surface area contributed by atoms with E-state index in [-0.39, 0.29) is 23.8 Å². The maximum Gasteiger partial charge on any atom is 0.227 e. The van der Waals surface area contributed by atoms with E-state index in [4.69, 9.17) is 4.74 Å². The van der Waals surface area contributed by atoms with Crippen molar-refractivity contribution in [3.05, 3.63) is 30.1 Å². The molecule has 1 atom stereocenters. The Morgan fingerprint density at radius 2 is 1.90 bits per heavy atom. The zero-order valence-electron chi connectivity index (χ0n) is 17.8. The van der Waals surface area contributed by atoms with Gasteiger partial charge in [-0.1, -0.05) is 6.07 Å². The summed E-state index contributed by atoms with van der Waals surface area (Å²) >= 11 is 0. The molecule has 3 aliphatic heterocycles. The van der Waals surface area contributed by atoms with E-state index in [9.17, 15) is 9.59 Å². The fourth-order valence-electron chi connectivity index (χ4n) is 4.96. The Labute approximate surface area is 179 Å². The summed E-state index contributed by atoms with van der Waals surface area (Å²) in [5.41, 5.74) is 0.976. The van der Waals surface area contributed by atoms with Gasteiger partial charge in [-0.25, -0.2) is 0 Å². The zero-order valence-corrected chi connectivity index (χ0v) is 17.8. The average Bonchev–Trinajstić information content (AvgIpc) is 3.32. The lowest BCUT2D eigenvalue weighted by Crippen LogP contribution is -2.50. The van der Waals surface area contributed by atoms with Gasteiger partial charge in [0.2, 0.25) is 11.8 Å². The van der Waals surface area contributed by atoms with Crippen molar-refractivity contribution in [2.75, 3.05) is 39.3 Å². The van der Waals surface area contributed by atoms with Crippen molar-refractivity contribution in [2.24, 2.45) is 5.92 Å². The van der Waals surface area contributed by atoms with E-state index in [0.29, 0.717) is 19.0 Å². The Morgan fingerprint density at radius 3 is 2.57 bits per heavy atom. The lowest BCUT2D eigenvalue weighted by Gasteiger charge is -2.41. The second kappa shape index (κ2) is 10.4. The molecular weight excluding hydrogens is 380 g/mol. The molecule has 0 saturated carbocycles. The molecule has 164 valence electrons. The number of hydrogen-bond donors (Lipinski definition) is 1. The molecule has 0 aromatic carbocycles. The summed E-state index contributed by atoms with van der Waals surface area (Å²) in [7, 11) is 0. The maximum atomic E-state index is 12.6. The number of piperidine rings is 2. The number of amides is 2. The summed E-state index contributed by atoms with van der Waals surface area (Å²) in [5, 5.41) is 3.10. The van der Waals surface area contributed by atoms with Crippen molar-refractivity contribution in [2.45, 2.75) is 57.1 Å². The van der Waals surface area contributed by atoms with Gasteiger partial charge in [-0.3, -0.25) is 14.6 Å². The highest BCUT2D eigenvalue weighted by Gasteiger charge is 2.32. The molecule has 7 nitrogen and oxygen atoms in total. The third kappa shape index (κ3) is 5.58. The SMILES string of the molecule is O=C(NCC1CCCO1)C1CCN(C2CCN(C(=O)Cc3cccnc3)CC2)CC1. The Balaban J connectivity index is 1.15. The molecule has 1 aromatic heterocycles. The Bertz CT molecular complexity index is 692. The van der Waals surface area contributed by atoms with Crippen LogP contribution in [0.2, 0.25) is 0 Å². The van der Waals surface area contributed by atoms with Crippen LogP contribution in [-0.4, -0.2) is 78.1 Å². The van der Waals surface area contributed by atoms with Crippen LogP contribution in [0.1, 0.15) is 44.1 Å². The number of likely N-dealkylation sites (tertiary alicyclic amines) is 2. The molecular formula is C23H34N4O3. The molecule has 30 heavy (non-hydrogen) atoms. The lowest BCUT2D eigenvalue weighted by molar-refractivity contribution is -0.132. The molecule has 1 N–H and O–H groups in total. The monoisotopic (exact) mass is 414 g/mol. The fourth-order valence-corrected chi connectivity index (χ4v) is 4.96. The van der Waals surface area contributed by atoms with E-state index in [1.54, 1.807) is 12.4 Å². The Morgan fingerprint density at radius 1 is 1.10 bits per heavy atom. The second-order valence-corrected chi connectivity index (χ2v) is 8.84. The first-order valence-electron chi connectivity index (χ1n) is 11.5. The van der Waals surface area contributed by atoms with E-state index in [0.717, 1.165) is 76.9 Å². The van der Waals surface area contributed by atoms with Gasteiger partial charge < -0.3 is 19.9 Å². The third-order valence-corrected chi connectivity index (χ3v) is 6.84. The van der Waals surface area contributed by atoms with E-state index >= 15 is 0 Å². The highest BCUT2D eigenvalue weighted by atomic mass is 16.5. The number of pyridine rings is 1. The van der Waals surface area contributed by atoms with Gasteiger partial charge >= 0.3 is 0 Å². The Kier molecular flexibility index (Phi) is 7.33. The van der Waals surface area contributed by atoms with Gasteiger partial charge in [0.25, 0.3) is 0 Å². The summed E-state index contributed by atoms with van der Waals surface area (Å²) in [5.74, 6) is 0.521. The Hall–Kier alpha value is -1.99. The predicted octanol–water partition coefficient (Wildman–Crippen LogP) is 1.62. The normalized spacial score (nSPS) is 24.1. The van der Waals surface area contributed by atoms with Crippen LogP contribution >= 0.6 is 0 Å². The van der Waals surface area contributed by atoms with Crippen LogP contribution in [0.5, 0.6) is 0 Å². The van der Waals surface area contributed by atoms with Crippen LogP contribution in [0, 0.1) is 5.92 Å². The number of nitrogens with one attached hydrogen (secondary N) is 1. The van der Waals surface area contributed by atoms with Gasteiger partial charge in [0.1, 0.15) is 0 Å². The molecule has 3 aliphatic rings. The first-order valence-corrected chi connectivity index (χ1v) is 11.5. The van der Waals surface area contributed by atoms with Gasteiger partial charge in [0, 0.05) is 50.6 Å². The number of rotatable bonds is 6. The van der Waals surface area contributed by atoms with Gasteiger partial charge in [-0.05, 0) is 63.2 Å². The maximum absolute atomic E-state index is 12.6. The van der Waals surface area contributed by atoms with Crippen LogP contribution < -0.4 is 5.32 Å². The zero-order chi connectivity index (χ0) is 20.8. The van der Waals surface area contributed by atoms with Crippen LogP contribution in [0.3, 0.4) is 0 Å². The quantitative estimate of drug-likeness (QED) is 0.766. The van der Waals surface area contributed by atoms with Gasteiger partial charge in [0.15, 0.2) is 0 Å². The van der Waals surface area contributed by atoms with Crippen LogP contribution in [0.4, 0.5) is 0 Å². The molecule has 0 bridgehead atoms. The number of carbonyl (C=O) groups excluding carboxylic acids is 2. The molecule has 0 spiro atoms. The first kappa shape index (κ1) is 21.2. The first-order chi connectivity index (χ1) is 14.7. The van der Waals surface area contributed by atoms with Gasteiger partial charge in [-0.2, -0.15) is 0 Å². The summed E-state index contributed by atoms with van der Waals surface area (Å²) in [6, 6.07) is 4.36. The third-order valence-electron chi connectivity index (χ3n) is 6.84. The molecule has 3 fully saturated rings. The van der Waals surface area contributed by atoms with Crippen LogP contribution in [0.25, 0.3) is 0 Å². The van der Waals surface area contributed by atoms with Crippen molar-refractivity contribution in [1.82, 2.24) is 20.1 Å². The summed E-state index contributed by atoms with van der Waals surface area (Å²) in [6.07, 6.45) is 10.2. The van der Waals surface area contributed by atoms with E-state index in [1.807, 2.05) is 17.0 Å². The van der Waals surface area contributed by atoms with E-state index in [2.05, 4.69) is 15.2 Å². The molecule has 3 saturated heterocycles. The van der Waals surface area contributed by atoms with Crippen LogP contribution in [-0.2, 0) is 20.7 Å².